The fourth-order valence-corrected chi connectivity index (χ4v) is 3.05. The minimum Gasteiger partial charge on any atom is -0.388 e. The molecular weight excluding hydrogens is 327 g/mol. The number of benzene rings is 2. The van der Waals surface area contributed by atoms with Gasteiger partial charge in [0.25, 0.3) is 0 Å². The summed E-state index contributed by atoms with van der Waals surface area (Å²) in [6.07, 6.45) is 0. The lowest BCUT2D eigenvalue weighted by Crippen LogP contribution is -2.02. The normalized spacial score (nSPS) is 10.4. The van der Waals surface area contributed by atoms with Crippen molar-refractivity contribution < 1.29 is 9.18 Å². The molecule has 0 fully saturated rings. The predicted molar refractivity (Wildman–Crippen MR) is 95.6 cm³/mol. The van der Waals surface area contributed by atoms with Crippen molar-refractivity contribution in [1.29, 1.82) is 0 Å². The van der Waals surface area contributed by atoms with Crippen molar-refractivity contribution in [3.63, 3.8) is 0 Å². The highest BCUT2D eigenvalue weighted by molar-refractivity contribution is 7.18. The molecule has 0 saturated heterocycles. The molecule has 1 aromatic heterocycles. The highest BCUT2D eigenvalue weighted by atomic mass is 32.1. The van der Waals surface area contributed by atoms with E-state index in [1.54, 1.807) is 6.07 Å². The molecule has 0 aliphatic heterocycles. The Bertz CT molecular complexity index is 894. The molecule has 3 rings (SSSR count). The maximum absolute atomic E-state index is 13.3. The number of carbonyl (C=O) groups is 1. The minimum atomic E-state index is -0.467. The first-order valence-electron chi connectivity index (χ1n) is 7.18. The van der Waals surface area contributed by atoms with Crippen LogP contribution in [0.4, 0.5) is 26.7 Å². The highest BCUT2D eigenvalue weighted by Crippen LogP contribution is 2.30. The fraction of sp³-hybridized carbons (Fsp3) is 0.0588. The smallest absolute Gasteiger partial charge is 0.206 e. The number of aromatic nitrogens is 1. The van der Waals surface area contributed by atoms with Crippen molar-refractivity contribution in [2.45, 2.75) is 0 Å². The Morgan fingerprint density at radius 1 is 1.17 bits per heavy atom. The van der Waals surface area contributed by atoms with Crippen LogP contribution in [0.5, 0.6) is 0 Å². The van der Waals surface area contributed by atoms with Crippen molar-refractivity contribution in [3.8, 4) is 0 Å². The molecule has 0 amide bonds. The molecule has 0 bridgehead atoms. The summed E-state index contributed by atoms with van der Waals surface area (Å²) >= 11 is 1.14. The number of anilines is 4. The van der Waals surface area contributed by atoms with Crippen LogP contribution in [0, 0.1) is 5.82 Å². The van der Waals surface area contributed by atoms with Gasteiger partial charge in [-0.15, -0.1) is 0 Å². The van der Waals surface area contributed by atoms with Gasteiger partial charge in [-0.3, -0.25) is 4.79 Å². The van der Waals surface area contributed by atoms with Crippen molar-refractivity contribution in [2.75, 3.05) is 23.4 Å². The molecule has 7 heteroatoms. The molecule has 0 spiro atoms. The summed E-state index contributed by atoms with van der Waals surface area (Å²) in [4.78, 5) is 16.9. The van der Waals surface area contributed by atoms with E-state index in [2.05, 4.69) is 15.6 Å². The Labute approximate surface area is 142 Å². The molecule has 3 aromatic rings. The lowest BCUT2D eigenvalue weighted by Gasteiger charge is -2.05. The van der Waals surface area contributed by atoms with E-state index >= 15 is 0 Å². The number of thiazole rings is 1. The van der Waals surface area contributed by atoms with Gasteiger partial charge in [0, 0.05) is 24.0 Å². The number of ketones is 1. The van der Waals surface area contributed by atoms with Crippen molar-refractivity contribution in [3.05, 3.63) is 64.8 Å². The highest BCUT2D eigenvalue weighted by Gasteiger charge is 2.18. The average Bonchev–Trinajstić information content (AvgIpc) is 2.94. The first-order chi connectivity index (χ1) is 11.6. The molecule has 0 unspecified atom stereocenters. The Morgan fingerprint density at radius 3 is 2.67 bits per heavy atom. The molecule has 0 aliphatic rings. The summed E-state index contributed by atoms with van der Waals surface area (Å²) in [6, 6.07) is 13.1. The lowest BCUT2D eigenvalue weighted by molar-refractivity contribution is 0.104. The van der Waals surface area contributed by atoms with Gasteiger partial charge in [0.15, 0.2) is 5.13 Å². The van der Waals surface area contributed by atoms with Gasteiger partial charge in [0.05, 0.1) is 0 Å². The first kappa shape index (κ1) is 15.9. The van der Waals surface area contributed by atoms with Crippen LogP contribution in [-0.4, -0.2) is 17.8 Å². The number of rotatable bonds is 5. The number of nitrogens with one attached hydrogen (secondary N) is 2. The molecule has 4 N–H and O–H groups in total. The summed E-state index contributed by atoms with van der Waals surface area (Å²) in [5.41, 5.74) is 7.87. The van der Waals surface area contributed by atoms with E-state index in [-0.39, 0.29) is 22.0 Å². The molecule has 0 saturated carbocycles. The summed E-state index contributed by atoms with van der Waals surface area (Å²) < 4.78 is 13.3. The zero-order valence-corrected chi connectivity index (χ0v) is 13.7. The second-order valence-corrected chi connectivity index (χ2v) is 6.03. The monoisotopic (exact) mass is 342 g/mol. The topological polar surface area (TPSA) is 80.0 Å². The predicted octanol–water partition coefficient (Wildman–Crippen LogP) is 3.88. The number of nitrogens with two attached hydrogens (primary N) is 1. The SMILES string of the molecule is CNc1cccc(Nc2nc(N)c(C(=O)c3cccc(F)c3)s2)c1. The molecule has 0 radical (unpaired) electrons. The maximum atomic E-state index is 13.3. The summed E-state index contributed by atoms with van der Waals surface area (Å²) in [5.74, 6) is -0.686. The molecule has 24 heavy (non-hydrogen) atoms. The first-order valence-corrected chi connectivity index (χ1v) is 8.00. The number of halogens is 1. The van der Waals surface area contributed by atoms with Gasteiger partial charge in [-0.2, -0.15) is 0 Å². The molecule has 2 aromatic carbocycles. The van der Waals surface area contributed by atoms with Gasteiger partial charge in [0.2, 0.25) is 5.78 Å². The van der Waals surface area contributed by atoms with Crippen LogP contribution in [0.2, 0.25) is 0 Å². The van der Waals surface area contributed by atoms with Crippen LogP contribution in [0.1, 0.15) is 15.2 Å². The van der Waals surface area contributed by atoms with E-state index < -0.39 is 5.82 Å². The zero-order chi connectivity index (χ0) is 17.1. The number of carbonyl (C=O) groups excluding carboxylic acids is 1. The Balaban J connectivity index is 1.86. The standard InChI is InChI=1S/C17H15FN4OS/c1-20-12-6-3-7-13(9-12)21-17-22-16(19)15(24-17)14(23)10-4-2-5-11(18)8-10/h2-9,20H,19H2,1H3,(H,21,22). The molecular formula is C17H15FN4OS. The van der Waals surface area contributed by atoms with E-state index in [9.17, 15) is 9.18 Å². The van der Waals surface area contributed by atoms with Crippen LogP contribution in [0.3, 0.4) is 0 Å². The van der Waals surface area contributed by atoms with Crippen molar-refractivity contribution in [2.24, 2.45) is 0 Å². The van der Waals surface area contributed by atoms with Crippen molar-refractivity contribution in [1.82, 2.24) is 4.98 Å². The Kier molecular flexibility index (Phi) is 4.43. The quantitative estimate of drug-likeness (QED) is 0.613. The number of nitrogens with zero attached hydrogens (tertiary/aromatic N) is 1. The third-order valence-electron chi connectivity index (χ3n) is 3.35. The van der Waals surface area contributed by atoms with Gasteiger partial charge in [0.1, 0.15) is 16.5 Å². The molecule has 5 nitrogen and oxygen atoms in total. The van der Waals surface area contributed by atoms with Crippen LogP contribution in [-0.2, 0) is 0 Å². The van der Waals surface area contributed by atoms with E-state index in [0.29, 0.717) is 5.13 Å². The zero-order valence-electron chi connectivity index (χ0n) is 12.8. The second kappa shape index (κ2) is 6.67. The lowest BCUT2D eigenvalue weighted by atomic mass is 10.1. The number of hydrogen-bond acceptors (Lipinski definition) is 6. The van der Waals surface area contributed by atoms with Crippen LogP contribution in [0.25, 0.3) is 0 Å². The Morgan fingerprint density at radius 2 is 1.92 bits per heavy atom. The van der Waals surface area contributed by atoms with Crippen LogP contribution in [0.15, 0.2) is 48.5 Å². The molecule has 122 valence electrons. The number of nitrogen functional groups attached to an aromatic ring is 1. The van der Waals surface area contributed by atoms with Gasteiger partial charge in [-0.25, -0.2) is 9.37 Å². The fourth-order valence-electron chi connectivity index (χ4n) is 2.18. The minimum absolute atomic E-state index is 0.126. The average molecular weight is 342 g/mol. The molecule has 1 heterocycles. The van der Waals surface area contributed by atoms with E-state index in [1.807, 2.05) is 31.3 Å². The maximum Gasteiger partial charge on any atom is 0.206 e. The Hall–Kier alpha value is -2.93. The molecule has 0 aliphatic carbocycles. The van der Waals surface area contributed by atoms with Gasteiger partial charge >= 0.3 is 0 Å². The van der Waals surface area contributed by atoms with Crippen LogP contribution >= 0.6 is 11.3 Å². The van der Waals surface area contributed by atoms with E-state index in [1.165, 1.54) is 18.2 Å². The van der Waals surface area contributed by atoms with Crippen LogP contribution < -0.4 is 16.4 Å². The third kappa shape index (κ3) is 3.36. The van der Waals surface area contributed by atoms with Gasteiger partial charge in [-0.05, 0) is 30.3 Å². The largest absolute Gasteiger partial charge is 0.388 e. The van der Waals surface area contributed by atoms with Gasteiger partial charge < -0.3 is 16.4 Å². The van der Waals surface area contributed by atoms with Gasteiger partial charge in [-0.1, -0.05) is 29.5 Å². The third-order valence-corrected chi connectivity index (χ3v) is 4.33. The number of hydrogen-bond donors (Lipinski definition) is 3. The van der Waals surface area contributed by atoms with E-state index in [0.717, 1.165) is 22.7 Å². The summed E-state index contributed by atoms with van der Waals surface area (Å²) in [5, 5.41) is 6.66. The molecule has 0 atom stereocenters. The summed E-state index contributed by atoms with van der Waals surface area (Å²) in [7, 11) is 1.83. The second-order valence-electron chi connectivity index (χ2n) is 5.03. The summed E-state index contributed by atoms with van der Waals surface area (Å²) in [6.45, 7) is 0. The van der Waals surface area contributed by atoms with Crippen molar-refractivity contribution >= 4 is 39.4 Å². The van der Waals surface area contributed by atoms with E-state index in [4.69, 9.17) is 5.73 Å².